The number of aromatic amines is 1. The Morgan fingerprint density at radius 3 is 2.65 bits per heavy atom. The van der Waals surface area contributed by atoms with E-state index in [1.807, 2.05) is 0 Å². The van der Waals surface area contributed by atoms with Crippen LogP contribution in [0, 0.1) is 0 Å². The summed E-state index contributed by atoms with van der Waals surface area (Å²) in [5.41, 5.74) is 5.40. The van der Waals surface area contributed by atoms with Gasteiger partial charge >= 0.3 is 0 Å². The highest BCUT2D eigenvalue weighted by Crippen LogP contribution is 2.12. The second-order valence-electron chi connectivity index (χ2n) is 3.79. The van der Waals surface area contributed by atoms with Crippen molar-refractivity contribution in [2.24, 2.45) is 5.73 Å². The molecule has 0 fully saturated rings. The van der Waals surface area contributed by atoms with E-state index in [1.54, 1.807) is 24.3 Å². The maximum Gasteiger partial charge on any atom is 0.255 e. The number of nitrogens with zero attached hydrogens (tertiary/aromatic N) is 3. The predicted molar refractivity (Wildman–Crippen MR) is 66.5 cm³/mol. The number of nitrogens with one attached hydrogen (secondary N) is 2. The van der Waals surface area contributed by atoms with Gasteiger partial charge in [-0.15, -0.1) is 10.2 Å². The highest BCUT2D eigenvalue weighted by molar-refractivity contribution is 5.94. The van der Waals surface area contributed by atoms with Crippen molar-refractivity contribution in [1.82, 2.24) is 25.9 Å². The maximum absolute atomic E-state index is 11.8. The molecule has 1 aromatic heterocycles. The van der Waals surface area contributed by atoms with Gasteiger partial charge in [-0.2, -0.15) is 5.21 Å². The molecule has 0 aliphatic carbocycles. The number of carbonyl (C=O) groups is 2. The molecule has 2 rings (SSSR count). The van der Waals surface area contributed by atoms with Gasteiger partial charge in [-0.1, -0.05) is 5.21 Å². The lowest BCUT2D eigenvalue weighted by Gasteiger charge is -2.05. The molecule has 0 atom stereocenters. The number of primary amides is 1. The van der Waals surface area contributed by atoms with E-state index in [9.17, 15) is 9.59 Å². The van der Waals surface area contributed by atoms with Crippen molar-refractivity contribution >= 4 is 11.8 Å². The van der Waals surface area contributed by atoms with E-state index in [1.165, 1.54) is 0 Å². The average Bonchev–Trinajstić information content (AvgIpc) is 2.96. The predicted octanol–water partition coefficient (Wildman–Crippen LogP) is -1.01. The van der Waals surface area contributed by atoms with Crippen molar-refractivity contribution in [2.75, 3.05) is 6.61 Å². The van der Waals surface area contributed by atoms with Gasteiger partial charge in [0.2, 0.25) is 0 Å². The highest BCUT2D eigenvalue weighted by Gasteiger charge is 2.07. The first kappa shape index (κ1) is 13.5. The molecule has 0 spiro atoms. The van der Waals surface area contributed by atoms with Crippen LogP contribution in [0.15, 0.2) is 24.3 Å². The molecule has 9 heteroatoms. The Kier molecular flexibility index (Phi) is 4.22. The Morgan fingerprint density at radius 2 is 2.05 bits per heavy atom. The molecular weight excluding hydrogens is 264 g/mol. The second kappa shape index (κ2) is 6.27. The van der Waals surface area contributed by atoms with E-state index in [0.717, 1.165) is 0 Å². The van der Waals surface area contributed by atoms with E-state index in [0.29, 0.717) is 17.1 Å². The summed E-state index contributed by atoms with van der Waals surface area (Å²) in [6.07, 6.45) is 0. The molecule has 2 aromatic rings. The van der Waals surface area contributed by atoms with Crippen LogP contribution in [0.4, 0.5) is 0 Å². The van der Waals surface area contributed by atoms with E-state index >= 15 is 0 Å². The molecule has 0 unspecified atom stereocenters. The quantitative estimate of drug-likeness (QED) is 0.618. The summed E-state index contributed by atoms with van der Waals surface area (Å²) in [6.45, 7) is -0.0291. The lowest BCUT2D eigenvalue weighted by atomic mass is 10.2. The monoisotopic (exact) mass is 276 g/mol. The number of hydrogen-bond acceptors (Lipinski definition) is 6. The Morgan fingerprint density at radius 1 is 1.30 bits per heavy atom. The van der Waals surface area contributed by atoms with Crippen molar-refractivity contribution in [1.29, 1.82) is 0 Å². The van der Waals surface area contributed by atoms with Crippen LogP contribution < -0.4 is 15.8 Å². The summed E-state index contributed by atoms with van der Waals surface area (Å²) in [6, 6.07) is 6.29. The molecule has 9 nitrogen and oxygen atoms in total. The molecule has 0 saturated carbocycles. The van der Waals surface area contributed by atoms with Crippen LogP contribution in [0.5, 0.6) is 5.75 Å². The number of carbonyl (C=O) groups excluding carboxylic acids is 2. The number of aromatic nitrogens is 4. The van der Waals surface area contributed by atoms with Crippen molar-refractivity contribution < 1.29 is 14.3 Å². The topological polar surface area (TPSA) is 136 Å². The first-order valence-corrected chi connectivity index (χ1v) is 5.67. The van der Waals surface area contributed by atoms with Crippen LogP contribution in [-0.4, -0.2) is 39.0 Å². The number of H-pyrrole nitrogens is 1. The summed E-state index contributed by atoms with van der Waals surface area (Å²) in [7, 11) is 0. The number of amides is 2. The average molecular weight is 276 g/mol. The summed E-state index contributed by atoms with van der Waals surface area (Å²) in [5.74, 6) is 0.00135. The number of tetrazole rings is 1. The third kappa shape index (κ3) is 3.77. The van der Waals surface area contributed by atoms with Gasteiger partial charge in [0.25, 0.3) is 11.8 Å². The molecular formula is C11H12N6O3. The molecule has 2 amide bonds. The Labute approximate surface area is 113 Å². The van der Waals surface area contributed by atoms with Gasteiger partial charge in [-0.3, -0.25) is 9.59 Å². The van der Waals surface area contributed by atoms with Crippen molar-refractivity contribution in [3.05, 3.63) is 35.7 Å². The third-order valence-corrected chi connectivity index (χ3v) is 2.29. The van der Waals surface area contributed by atoms with Gasteiger partial charge in [0.15, 0.2) is 12.4 Å². The largest absolute Gasteiger partial charge is 0.484 e. The van der Waals surface area contributed by atoms with Crippen LogP contribution in [0.25, 0.3) is 0 Å². The van der Waals surface area contributed by atoms with Crippen LogP contribution >= 0.6 is 0 Å². The van der Waals surface area contributed by atoms with Gasteiger partial charge in [0.1, 0.15) is 5.75 Å². The van der Waals surface area contributed by atoms with Crippen LogP contribution in [0.3, 0.4) is 0 Å². The van der Waals surface area contributed by atoms with E-state index in [4.69, 9.17) is 10.5 Å². The standard InChI is InChI=1S/C11H12N6O3/c12-9(18)6-20-8-3-1-7(2-4-8)11(19)13-5-10-14-16-17-15-10/h1-4H,5-6H2,(H2,12,18)(H,13,19)(H,14,15,16,17). The first-order valence-electron chi connectivity index (χ1n) is 5.67. The fourth-order valence-corrected chi connectivity index (χ4v) is 1.38. The molecule has 1 aromatic carbocycles. The van der Waals surface area contributed by atoms with E-state index in [-0.39, 0.29) is 19.1 Å². The zero-order chi connectivity index (χ0) is 14.4. The summed E-state index contributed by atoms with van der Waals surface area (Å²) < 4.78 is 5.08. The van der Waals surface area contributed by atoms with Crippen molar-refractivity contribution in [3.8, 4) is 5.75 Å². The lowest BCUT2D eigenvalue weighted by Crippen LogP contribution is -2.23. The number of hydrogen-bond donors (Lipinski definition) is 3. The zero-order valence-corrected chi connectivity index (χ0v) is 10.4. The smallest absolute Gasteiger partial charge is 0.255 e. The minimum absolute atomic E-state index is 0.176. The molecule has 4 N–H and O–H groups in total. The van der Waals surface area contributed by atoms with Crippen LogP contribution in [-0.2, 0) is 11.3 Å². The van der Waals surface area contributed by atoms with E-state index in [2.05, 4.69) is 25.9 Å². The second-order valence-corrected chi connectivity index (χ2v) is 3.79. The van der Waals surface area contributed by atoms with Gasteiger partial charge in [0.05, 0.1) is 6.54 Å². The van der Waals surface area contributed by atoms with Crippen LogP contribution in [0.1, 0.15) is 16.2 Å². The molecule has 0 bridgehead atoms. The number of benzene rings is 1. The Bertz CT molecular complexity index is 581. The Hall–Kier alpha value is -2.97. The SMILES string of the molecule is NC(=O)COc1ccc(C(=O)NCc2nn[nH]n2)cc1. The molecule has 1 heterocycles. The molecule has 104 valence electrons. The van der Waals surface area contributed by atoms with Crippen molar-refractivity contribution in [3.63, 3.8) is 0 Å². The van der Waals surface area contributed by atoms with Crippen LogP contribution in [0.2, 0.25) is 0 Å². The lowest BCUT2D eigenvalue weighted by molar-refractivity contribution is -0.119. The highest BCUT2D eigenvalue weighted by atomic mass is 16.5. The van der Waals surface area contributed by atoms with Gasteiger partial charge in [-0.05, 0) is 24.3 Å². The molecule has 0 radical (unpaired) electrons. The van der Waals surface area contributed by atoms with Gasteiger partial charge < -0.3 is 15.8 Å². The first-order chi connectivity index (χ1) is 9.65. The zero-order valence-electron chi connectivity index (χ0n) is 10.4. The molecule has 20 heavy (non-hydrogen) atoms. The molecule has 0 aliphatic heterocycles. The summed E-state index contributed by atoms with van der Waals surface area (Å²) in [5, 5.41) is 15.7. The minimum atomic E-state index is -0.563. The molecule has 0 saturated heterocycles. The summed E-state index contributed by atoms with van der Waals surface area (Å²) >= 11 is 0. The fraction of sp³-hybridized carbons (Fsp3) is 0.182. The van der Waals surface area contributed by atoms with Crippen molar-refractivity contribution in [2.45, 2.75) is 6.54 Å². The minimum Gasteiger partial charge on any atom is -0.484 e. The maximum atomic E-state index is 11.8. The summed E-state index contributed by atoms with van der Waals surface area (Å²) in [4.78, 5) is 22.4. The number of rotatable bonds is 6. The third-order valence-electron chi connectivity index (χ3n) is 2.29. The fourth-order valence-electron chi connectivity index (χ4n) is 1.38. The van der Waals surface area contributed by atoms with E-state index < -0.39 is 5.91 Å². The van der Waals surface area contributed by atoms with Gasteiger partial charge in [-0.25, -0.2) is 0 Å². The molecule has 0 aliphatic rings. The normalized spacial score (nSPS) is 10.0. The number of nitrogens with two attached hydrogens (primary N) is 1. The Balaban J connectivity index is 1.88. The number of ether oxygens (including phenoxy) is 1. The van der Waals surface area contributed by atoms with Gasteiger partial charge in [0, 0.05) is 5.56 Å².